The molecule has 0 bridgehead atoms. The number of nitrogens with two attached hydrogens (primary N) is 1. The van der Waals surface area contributed by atoms with E-state index in [9.17, 15) is 13.2 Å². The van der Waals surface area contributed by atoms with Gasteiger partial charge in [0.15, 0.2) is 11.6 Å². The molecule has 0 saturated heterocycles. The lowest BCUT2D eigenvalue weighted by molar-refractivity contribution is 0.498. The quantitative estimate of drug-likeness (QED) is 0.621. The van der Waals surface area contributed by atoms with Crippen LogP contribution in [0.3, 0.4) is 0 Å². The maximum absolute atomic E-state index is 13.5. The first-order chi connectivity index (χ1) is 8.88. The molecule has 3 N–H and O–H groups in total. The Balaban J connectivity index is 2.44. The van der Waals surface area contributed by atoms with Crippen molar-refractivity contribution in [3.63, 3.8) is 0 Å². The van der Waals surface area contributed by atoms with Crippen LogP contribution in [0.5, 0.6) is 0 Å². The molecular formula is C12H7Cl2F3N2. The molecule has 0 aromatic heterocycles. The zero-order valence-electron chi connectivity index (χ0n) is 9.28. The van der Waals surface area contributed by atoms with Gasteiger partial charge in [0.2, 0.25) is 0 Å². The van der Waals surface area contributed by atoms with Gasteiger partial charge in [-0.1, -0.05) is 23.2 Å². The molecule has 2 nitrogen and oxygen atoms in total. The molecule has 0 heterocycles. The van der Waals surface area contributed by atoms with Gasteiger partial charge in [0.25, 0.3) is 0 Å². The van der Waals surface area contributed by atoms with Gasteiger partial charge in [-0.2, -0.15) is 0 Å². The normalized spacial score (nSPS) is 10.6. The lowest BCUT2D eigenvalue weighted by atomic mass is 10.2. The molecule has 2 rings (SSSR count). The van der Waals surface area contributed by atoms with Crippen molar-refractivity contribution in [2.45, 2.75) is 0 Å². The van der Waals surface area contributed by atoms with Gasteiger partial charge in [0, 0.05) is 12.1 Å². The molecule has 0 spiro atoms. The molecular weight excluding hydrogens is 300 g/mol. The Labute approximate surface area is 116 Å². The van der Waals surface area contributed by atoms with Gasteiger partial charge < -0.3 is 11.1 Å². The summed E-state index contributed by atoms with van der Waals surface area (Å²) < 4.78 is 39.6. The van der Waals surface area contributed by atoms with Crippen molar-refractivity contribution in [1.29, 1.82) is 0 Å². The largest absolute Gasteiger partial charge is 0.397 e. The summed E-state index contributed by atoms with van der Waals surface area (Å²) in [5, 5.41) is 2.86. The predicted octanol–water partition coefficient (Wildman–Crippen LogP) is 4.74. The number of hydrogen-bond donors (Lipinski definition) is 2. The van der Waals surface area contributed by atoms with Crippen LogP contribution in [0.15, 0.2) is 24.3 Å². The second-order valence-electron chi connectivity index (χ2n) is 3.73. The van der Waals surface area contributed by atoms with Crippen LogP contribution in [0.4, 0.5) is 30.2 Å². The molecule has 0 atom stereocenters. The number of halogens is 5. The molecule has 2 aromatic carbocycles. The van der Waals surface area contributed by atoms with Crippen LogP contribution in [0.25, 0.3) is 0 Å². The zero-order chi connectivity index (χ0) is 14.2. The summed E-state index contributed by atoms with van der Waals surface area (Å²) in [4.78, 5) is 0. The average Bonchev–Trinajstić information content (AvgIpc) is 2.32. The van der Waals surface area contributed by atoms with Crippen LogP contribution < -0.4 is 11.1 Å². The molecule has 7 heteroatoms. The summed E-state index contributed by atoms with van der Waals surface area (Å²) in [6.07, 6.45) is 0. The van der Waals surface area contributed by atoms with E-state index in [0.717, 1.165) is 6.07 Å². The SMILES string of the molecule is Nc1cc(Cl)c(Cl)cc1Nc1cc(F)cc(F)c1F. The monoisotopic (exact) mass is 306 g/mol. The summed E-state index contributed by atoms with van der Waals surface area (Å²) in [7, 11) is 0. The minimum atomic E-state index is -1.30. The third kappa shape index (κ3) is 2.88. The fraction of sp³-hybridized carbons (Fsp3) is 0. The van der Waals surface area contributed by atoms with Crippen LogP contribution in [-0.4, -0.2) is 0 Å². The van der Waals surface area contributed by atoms with Crippen molar-refractivity contribution in [3.8, 4) is 0 Å². The summed E-state index contributed by atoms with van der Waals surface area (Å²) in [6, 6.07) is 3.93. The second-order valence-corrected chi connectivity index (χ2v) is 4.54. The minimum absolute atomic E-state index is 0.165. The standard InChI is InChI=1S/C12H7Cl2F3N2/c13-6-3-9(18)10(4-7(6)14)19-11-2-5(15)1-8(16)12(11)17/h1-4,19H,18H2. The molecule has 19 heavy (non-hydrogen) atoms. The van der Waals surface area contributed by atoms with E-state index in [1.807, 2.05) is 0 Å². The Hall–Kier alpha value is -1.59. The topological polar surface area (TPSA) is 38.0 Å². The lowest BCUT2D eigenvalue weighted by Crippen LogP contribution is -2.01. The van der Waals surface area contributed by atoms with Crippen molar-refractivity contribution < 1.29 is 13.2 Å². The first kappa shape index (κ1) is 13.8. The first-order valence-corrected chi connectivity index (χ1v) is 5.80. The number of hydrogen-bond acceptors (Lipinski definition) is 2. The van der Waals surface area contributed by atoms with Crippen LogP contribution in [-0.2, 0) is 0 Å². The third-order valence-corrected chi connectivity index (χ3v) is 3.08. The molecule has 0 radical (unpaired) electrons. The Kier molecular flexibility index (Phi) is 3.78. The Bertz CT molecular complexity index is 647. The first-order valence-electron chi connectivity index (χ1n) is 5.04. The molecule has 0 aliphatic heterocycles. The smallest absolute Gasteiger partial charge is 0.182 e. The molecule has 0 aliphatic rings. The molecule has 0 fully saturated rings. The molecule has 0 amide bonds. The zero-order valence-corrected chi connectivity index (χ0v) is 10.8. The van der Waals surface area contributed by atoms with Crippen molar-refractivity contribution in [2.75, 3.05) is 11.1 Å². The van der Waals surface area contributed by atoms with Gasteiger partial charge in [0.1, 0.15) is 5.82 Å². The van der Waals surface area contributed by atoms with Crippen molar-refractivity contribution in [3.05, 3.63) is 51.8 Å². The minimum Gasteiger partial charge on any atom is -0.397 e. The van der Waals surface area contributed by atoms with E-state index in [2.05, 4.69) is 5.32 Å². The van der Waals surface area contributed by atoms with Crippen LogP contribution >= 0.6 is 23.2 Å². The molecule has 0 aliphatic carbocycles. The highest BCUT2D eigenvalue weighted by Gasteiger charge is 2.13. The van der Waals surface area contributed by atoms with E-state index in [1.54, 1.807) is 0 Å². The van der Waals surface area contributed by atoms with Crippen molar-refractivity contribution in [2.24, 2.45) is 0 Å². The average molecular weight is 307 g/mol. The molecule has 2 aromatic rings. The van der Waals surface area contributed by atoms with Gasteiger partial charge in [-0.15, -0.1) is 0 Å². The number of anilines is 3. The predicted molar refractivity (Wildman–Crippen MR) is 70.5 cm³/mol. The van der Waals surface area contributed by atoms with Crippen molar-refractivity contribution >= 4 is 40.3 Å². The van der Waals surface area contributed by atoms with Gasteiger partial charge in [-0.25, -0.2) is 13.2 Å². The van der Waals surface area contributed by atoms with Gasteiger partial charge in [-0.05, 0) is 12.1 Å². The van der Waals surface area contributed by atoms with Gasteiger partial charge in [-0.3, -0.25) is 0 Å². The molecule has 0 saturated carbocycles. The van der Waals surface area contributed by atoms with E-state index in [-0.39, 0.29) is 27.1 Å². The summed E-state index contributed by atoms with van der Waals surface area (Å²) in [5.74, 6) is -3.44. The summed E-state index contributed by atoms with van der Waals surface area (Å²) in [5.41, 5.74) is 5.62. The molecule has 100 valence electrons. The van der Waals surface area contributed by atoms with E-state index < -0.39 is 17.5 Å². The highest BCUT2D eigenvalue weighted by Crippen LogP contribution is 2.33. The Morgan fingerprint density at radius 3 is 2.21 bits per heavy atom. The van der Waals surface area contributed by atoms with Gasteiger partial charge in [0.05, 0.1) is 27.1 Å². The highest BCUT2D eigenvalue weighted by molar-refractivity contribution is 6.42. The van der Waals surface area contributed by atoms with Crippen LogP contribution in [0.1, 0.15) is 0 Å². The van der Waals surface area contributed by atoms with Crippen LogP contribution in [0.2, 0.25) is 10.0 Å². The summed E-state index contributed by atoms with van der Waals surface area (Å²) >= 11 is 11.5. The van der Waals surface area contributed by atoms with E-state index in [1.165, 1.54) is 12.1 Å². The Morgan fingerprint density at radius 1 is 0.895 bits per heavy atom. The number of rotatable bonds is 2. The fourth-order valence-corrected chi connectivity index (χ4v) is 1.80. The lowest BCUT2D eigenvalue weighted by Gasteiger charge is -2.12. The van der Waals surface area contributed by atoms with Gasteiger partial charge >= 0.3 is 0 Å². The molecule has 0 unspecified atom stereocenters. The van der Waals surface area contributed by atoms with E-state index in [0.29, 0.717) is 6.07 Å². The van der Waals surface area contributed by atoms with Crippen molar-refractivity contribution in [1.82, 2.24) is 0 Å². The van der Waals surface area contributed by atoms with Crippen LogP contribution in [0, 0.1) is 17.5 Å². The number of nitrogen functional groups attached to an aromatic ring is 1. The Morgan fingerprint density at radius 2 is 1.53 bits per heavy atom. The number of nitrogens with one attached hydrogen (secondary N) is 1. The summed E-state index contributed by atoms with van der Waals surface area (Å²) in [6.45, 7) is 0. The van der Waals surface area contributed by atoms with E-state index in [4.69, 9.17) is 28.9 Å². The van der Waals surface area contributed by atoms with E-state index >= 15 is 0 Å². The fourth-order valence-electron chi connectivity index (χ4n) is 1.46. The third-order valence-electron chi connectivity index (χ3n) is 2.35. The maximum Gasteiger partial charge on any atom is 0.182 e. The number of benzene rings is 2. The second kappa shape index (κ2) is 5.19. The highest BCUT2D eigenvalue weighted by atomic mass is 35.5. The maximum atomic E-state index is 13.5.